The van der Waals surface area contributed by atoms with Crippen molar-refractivity contribution >= 4 is 33.3 Å². The number of para-hydroxylation sites is 1. The summed E-state index contributed by atoms with van der Waals surface area (Å²) in [5.41, 5.74) is 1.13. The normalized spacial score (nSPS) is 12.2. The van der Waals surface area contributed by atoms with Crippen LogP contribution in [0.4, 0.5) is 0 Å². The third-order valence-electron chi connectivity index (χ3n) is 2.61. The van der Waals surface area contributed by atoms with Crippen molar-refractivity contribution in [3.63, 3.8) is 0 Å². The zero-order valence-electron chi connectivity index (χ0n) is 11.1. The van der Waals surface area contributed by atoms with Crippen LogP contribution in [0.15, 0.2) is 29.4 Å². The SMILES string of the molecule is OCCON=c1sc2ccccc2n1CCSCCO. The molecule has 0 unspecified atom stereocenters. The smallest absolute Gasteiger partial charge is 0.228 e. The maximum absolute atomic E-state index is 8.81. The molecule has 0 aliphatic carbocycles. The van der Waals surface area contributed by atoms with Crippen LogP contribution in [-0.2, 0) is 11.4 Å². The predicted molar refractivity (Wildman–Crippen MR) is 82.8 cm³/mol. The number of benzene rings is 1. The molecule has 1 aromatic carbocycles. The van der Waals surface area contributed by atoms with Crippen LogP contribution in [0.5, 0.6) is 0 Å². The number of nitrogens with zero attached hydrogens (tertiary/aromatic N) is 2. The summed E-state index contributed by atoms with van der Waals surface area (Å²) in [4.78, 5) is 5.88. The van der Waals surface area contributed by atoms with Gasteiger partial charge in [0.2, 0.25) is 4.80 Å². The van der Waals surface area contributed by atoms with Crippen molar-refractivity contribution in [1.29, 1.82) is 0 Å². The predicted octanol–water partition coefficient (Wildman–Crippen LogP) is 1.25. The summed E-state index contributed by atoms with van der Waals surface area (Å²) in [6.07, 6.45) is 0. The molecule has 0 saturated carbocycles. The van der Waals surface area contributed by atoms with Gasteiger partial charge in [0.15, 0.2) is 0 Å². The molecule has 2 aromatic rings. The van der Waals surface area contributed by atoms with Gasteiger partial charge in [0.05, 0.1) is 23.4 Å². The van der Waals surface area contributed by atoms with Crippen LogP contribution in [0.25, 0.3) is 10.2 Å². The van der Waals surface area contributed by atoms with Gasteiger partial charge in [-0.25, -0.2) is 0 Å². The molecular weight excluding hydrogens is 296 g/mol. The van der Waals surface area contributed by atoms with Crippen molar-refractivity contribution in [2.24, 2.45) is 5.16 Å². The molecule has 0 fully saturated rings. The van der Waals surface area contributed by atoms with Crippen LogP contribution in [-0.4, -0.2) is 46.1 Å². The Morgan fingerprint density at radius 1 is 1.20 bits per heavy atom. The number of thiazole rings is 1. The molecule has 0 bridgehead atoms. The number of hydrogen-bond acceptors (Lipinski definition) is 6. The number of thioether (sulfide) groups is 1. The quantitative estimate of drug-likeness (QED) is 0.568. The minimum absolute atomic E-state index is 0.0409. The van der Waals surface area contributed by atoms with E-state index in [1.165, 1.54) is 0 Å². The summed E-state index contributed by atoms with van der Waals surface area (Å²) in [6, 6.07) is 8.13. The first-order chi connectivity index (χ1) is 9.86. The Hall–Kier alpha value is -1.02. The van der Waals surface area contributed by atoms with Crippen molar-refractivity contribution in [2.45, 2.75) is 6.54 Å². The first-order valence-electron chi connectivity index (χ1n) is 6.40. The van der Waals surface area contributed by atoms with Gasteiger partial charge >= 0.3 is 0 Å². The summed E-state index contributed by atoms with van der Waals surface area (Å²) in [7, 11) is 0. The van der Waals surface area contributed by atoms with Crippen molar-refractivity contribution in [2.75, 3.05) is 31.3 Å². The van der Waals surface area contributed by atoms with Crippen molar-refractivity contribution < 1.29 is 15.1 Å². The Labute approximate surface area is 125 Å². The van der Waals surface area contributed by atoms with Crippen LogP contribution in [0, 0.1) is 0 Å². The molecule has 1 aromatic heterocycles. The minimum atomic E-state index is -0.0409. The van der Waals surface area contributed by atoms with Gasteiger partial charge in [-0.15, -0.1) is 0 Å². The second kappa shape index (κ2) is 8.31. The molecule has 0 saturated heterocycles. The largest absolute Gasteiger partial charge is 0.396 e. The van der Waals surface area contributed by atoms with Gasteiger partial charge in [-0.2, -0.15) is 11.8 Å². The van der Waals surface area contributed by atoms with E-state index in [2.05, 4.69) is 21.9 Å². The van der Waals surface area contributed by atoms with Crippen molar-refractivity contribution in [1.82, 2.24) is 4.57 Å². The summed E-state index contributed by atoms with van der Waals surface area (Å²) in [5, 5.41) is 21.6. The van der Waals surface area contributed by atoms with E-state index in [0.29, 0.717) is 0 Å². The molecule has 2 rings (SSSR count). The molecule has 5 nitrogen and oxygen atoms in total. The van der Waals surface area contributed by atoms with Gasteiger partial charge in [0.1, 0.15) is 6.61 Å². The third kappa shape index (κ3) is 3.99. The van der Waals surface area contributed by atoms with Gasteiger partial charge in [0.25, 0.3) is 0 Å². The van der Waals surface area contributed by atoms with Crippen LogP contribution in [0.3, 0.4) is 0 Å². The molecule has 0 spiro atoms. The highest BCUT2D eigenvalue weighted by atomic mass is 32.2. The van der Waals surface area contributed by atoms with Crippen LogP contribution in [0.2, 0.25) is 0 Å². The van der Waals surface area contributed by atoms with Gasteiger partial charge < -0.3 is 19.6 Å². The van der Waals surface area contributed by atoms with Gasteiger partial charge in [-0.05, 0) is 12.1 Å². The first-order valence-corrected chi connectivity index (χ1v) is 8.37. The fourth-order valence-electron chi connectivity index (χ4n) is 1.77. The van der Waals surface area contributed by atoms with E-state index in [1.807, 2.05) is 12.1 Å². The van der Waals surface area contributed by atoms with Crippen molar-refractivity contribution in [3.8, 4) is 0 Å². The van der Waals surface area contributed by atoms with E-state index in [-0.39, 0.29) is 19.8 Å². The van der Waals surface area contributed by atoms with E-state index < -0.39 is 0 Å². The lowest BCUT2D eigenvalue weighted by atomic mass is 10.3. The van der Waals surface area contributed by atoms with Gasteiger partial charge in [-0.1, -0.05) is 28.6 Å². The molecule has 0 amide bonds. The number of aliphatic hydroxyl groups excluding tert-OH is 2. The zero-order chi connectivity index (χ0) is 14.2. The number of hydrogen-bond donors (Lipinski definition) is 2. The summed E-state index contributed by atoms with van der Waals surface area (Å²) in [6.45, 7) is 1.18. The maximum atomic E-state index is 8.81. The molecule has 20 heavy (non-hydrogen) atoms. The molecular formula is C13H18N2O3S2. The second-order valence-electron chi connectivity index (χ2n) is 3.99. The Morgan fingerprint density at radius 3 is 2.85 bits per heavy atom. The highest BCUT2D eigenvalue weighted by Gasteiger charge is 2.05. The van der Waals surface area contributed by atoms with E-state index in [9.17, 15) is 0 Å². The Morgan fingerprint density at radius 2 is 2.05 bits per heavy atom. The lowest BCUT2D eigenvalue weighted by molar-refractivity contribution is 0.0900. The minimum Gasteiger partial charge on any atom is -0.396 e. The van der Waals surface area contributed by atoms with Gasteiger partial charge in [0, 0.05) is 18.1 Å². The number of aryl methyl sites for hydroxylation is 1. The number of fused-ring (bicyclic) bond motifs is 1. The highest BCUT2D eigenvalue weighted by molar-refractivity contribution is 7.99. The van der Waals surface area contributed by atoms with E-state index in [0.717, 1.165) is 33.1 Å². The molecule has 7 heteroatoms. The summed E-state index contributed by atoms with van der Waals surface area (Å²) < 4.78 is 3.27. The number of aromatic nitrogens is 1. The van der Waals surface area contributed by atoms with Crippen LogP contribution >= 0.6 is 23.1 Å². The lowest BCUT2D eigenvalue weighted by Crippen LogP contribution is -2.17. The monoisotopic (exact) mass is 314 g/mol. The lowest BCUT2D eigenvalue weighted by Gasteiger charge is -2.04. The topological polar surface area (TPSA) is 67.0 Å². The highest BCUT2D eigenvalue weighted by Crippen LogP contribution is 2.17. The second-order valence-corrected chi connectivity index (χ2v) is 6.22. The fourth-order valence-corrected chi connectivity index (χ4v) is 3.43. The Kier molecular flexibility index (Phi) is 6.38. The third-order valence-corrected chi connectivity index (χ3v) is 4.59. The summed E-state index contributed by atoms with van der Waals surface area (Å²) >= 11 is 3.28. The summed E-state index contributed by atoms with van der Waals surface area (Å²) in [5.74, 6) is 1.66. The zero-order valence-corrected chi connectivity index (χ0v) is 12.7. The van der Waals surface area contributed by atoms with Gasteiger partial charge in [-0.3, -0.25) is 0 Å². The molecule has 0 aliphatic heterocycles. The fraction of sp³-hybridized carbons (Fsp3) is 0.462. The standard InChI is InChI=1S/C13H18N2O3S2/c16-6-8-18-14-13-15(5-9-19-10-7-17)11-3-1-2-4-12(11)20-13/h1-4,16-17H,5-10H2. The van der Waals surface area contributed by atoms with Crippen LogP contribution in [0.1, 0.15) is 0 Å². The van der Waals surface area contributed by atoms with Crippen molar-refractivity contribution in [3.05, 3.63) is 29.1 Å². The van der Waals surface area contributed by atoms with E-state index in [4.69, 9.17) is 15.1 Å². The first kappa shape index (κ1) is 15.4. The Balaban J connectivity index is 2.22. The molecule has 0 radical (unpaired) electrons. The van der Waals surface area contributed by atoms with E-state index >= 15 is 0 Å². The molecule has 1 heterocycles. The number of rotatable bonds is 8. The number of aliphatic hydroxyl groups is 2. The Bertz CT molecular complexity index is 595. The average Bonchev–Trinajstić information content (AvgIpc) is 2.82. The van der Waals surface area contributed by atoms with Crippen LogP contribution < -0.4 is 4.80 Å². The maximum Gasteiger partial charge on any atom is 0.228 e. The molecule has 2 N–H and O–H groups in total. The average molecular weight is 314 g/mol. The van der Waals surface area contributed by atoms with E-state index in [1.54, 1.807) is 23.1 Å². The molecule has 0 atom stereocenters. The molecule has 0 aliphatic rings. The molecule has 110 valence electrons.